The summed E-state index contributed by atoms with van der Waals surface area (Å²) in [6.45, 7) is 2.22. The molecule has 2 fully saturated rings. The molecule has 8 nitrogen and oxygen atoms in total. The first-order chi connectivity index (χ1) is 13.9. The molecule has 1 aliphatic heterocycles. The first-order valence-electron chi connectivity index (χ1n) is 10.1. The minimum Gasteiger partial charge on any atom is -0.481 e. The number of carbonyl (C=O) groups excluding carboxylic acids is 1. The number of aromatic nitrogens is 2. The van der Waals surface area contributed by atoms with Gasteiger partial charge in [0.2, 0.25) is 11.7 Å². The minimum atomic E-state index is -1.31. The maximum Gasteiger partial charge on any atom is 0.314 e. The second-order valence-corrected chi connectivity index (χ2v) is 8.05. The number of aliphatic carboxylic acids is 1. The summed E-state index contributed by atoms with van der Waals surface area (Å²) in [6, 6.07) is 6.92. The van der Waals surface area contributed by atoms with E-state index in [9.17, 15) is 19.8 Å². The number of nitrogens with zero attached hydrogens (tertiary/aromatic N) is 3. The third kappa shape index (κ3) is 3.64. The molecule has 1 aromatic heterocycles. The van der Waals surface area contributed by atoms with Crippen molar-refractivity contribution in [2.45, 2.75) is 51.0 Å². The van der Waals surface area contributed by atoms with E-state index >= 15 is 0 Å². The number of benzene rings is 1. The Bertz CT molecular complexity index is 905. The lowest BCUT2D eigenvalue weighted by molar-refractivity contribution is -0.162. The average molecular weight is 399 g/mol. The van der Waals surface area contributed by atoms with Crippen molar-refractivity contribution in [1.29, 1.82) is 0 Å². The van der Waals surface area contributed by atoms with Gasteiger partial charge in [-0.25, -0.2) is 0 Å². The quantitative estimate of drug-likeness (QED) is 0.767. The predicted molar refractivity (Wildman–Crippen MR) is 103 cm³/mol. The van der Waals surface area contributed by atoms with Gasteiger partial charge in [-0.15, -0.1) is 0 Å². The van der Waals surface area contributed by atoms with Gasteiger partial charge in [-0.3, -0.25) is 9.59 Å². The molecule has 0 spiro atoms. The van der Waals surface area contributed by atoms with E-state index in [2.05, 4.69) is 10.1 Å². The molecule has 2 aliphatic rings. The lowest BCUT2D eigenvalue weighted by atomic mass is 9.74. The van der Waals surface area contributed by atoms with Crippen LogP contribution < -0.4 is 0 Å². The van der Waals surface area contributed by atoms with Gasteiger partial charge < -0.3 is 19.6 Å². The zero-order chi connectivity index (χ0) is 20.6. The Balaban J connectivity index is 1.50. The molecule has 29 heavy (non-hydrogen) atoms. The summed E-state index contributed by atoms with van der Waals surface area (Å²) in [5, 5.41) is 24.1. The number of amides is 1. The van der Waals surface area contributed by atoms with Gasteiger partial charge in [0.15, 0.2) is 0 Å². The van der Waals surface area contributed by atoms with Gasteiger partial charge in [0.25, 0.3) is 5.91 Å². The summed E-state index contributed by atoms with van der Waals surface area (Å²) in [6.07, 6.45) is 2.40. The van der Waals surface area contributed by atoms with Crippen LogP contribution >= 0.6 is 0 Å². The van der Waals surface area contributed by atoms with E-state index in [1.54, 1.807) is 24.3 Å². The highest BCUT2D eigenvalue weighted by Gasteiger charge is 2.49. The van der Waals surface area contributed by atoms with Crippen molar-refractivity contribution in [1.82, 2.24) is 15.0 Å². The topological polar surface area (TPSA) is 117 Å². The number of carboxylic acids is 1. The second kappa shape index (κ2) is 7.59. The van der Waals surface area contributed by atoms with Crippen LogP contribution in [0.25, 0.3) is 11.4 Å². The van der Waals surface area contributed by atoms with Gasteiger partial charge in [0.1, 0.15) is 5.41 Å². The molecule has 2 atom stereocenters. The Kier molecular flexibility index (Phi) is 5.12. The minimum absolute atomic E-state index is 0.00746. The highest BCUT2D eigenvalue weighted by atomic mass is 16.5. The van der Waals surface area contributed by atoms with Crippen LogP contribution in [0.3, 0.4) is 0 Å². The van der Waals surface area contributed by atoms with E-state index in [-0.39, 0.29) is 18.9 Å². The van der Waals surface area contributed by atoms with Crippen LogP contribution in [0, 0.1) is 5.41 Å². The standard InChI is InChI=1S/C21H25N3O5/c1-2-10-21(20(27)28)12-24(11-9-16(21)25)19(26)15-7-3-13(4-8-15)17-22-18(29-23-17)14-5-6-14/h3-4,7-8,14,16,25H,2,5-6,9-12H2,1H3,(H,27,28)/t16-,21-/m1/s1. The Morgan fingerprint density at radius 1 is 1.24 bits per heavy atom. The number of rotatable bonds is 6. The van der Waals surface area contributed by atoms with Crippen LogP contribution in [0.5, 0.6) is 0 Å². The van der Waals surface area contributed by atoms with Gasteiger partial charge in [-0.1, -0.05) is 30.6 Å². The molecule has 0 bridgehead atoms. The van der Waals surface area contributed by atoms with E-state index in [0.717, 1.165) is 18.4 Å². The molecule has 2 heterocycles. The Labute approximate surface area is 168 Å². The van der Waals surface area contributed by atoms with Crippen LogP contribution in [0.1, 0.15) is 61.2 Å². The number of hydrogen-bond donors (Lipinski definition) is 2. The number of carboxylic acid groups (broad SMARTS) is 1. The molecule has 4 rings (SSSR count). The van der Waals surface area contributed by atoms with Gasteiger partial charge in [0, 0.05) is 30.1 Å². The van der Waals surface area contributed by atoms with Crippen LogP contribution in [0.2, 0.25) is 0 Å². The second-order valence-electron chi connectivity index (χ2n) is 8.05. The van der Waals surface area contributed by atoms with E-state index in [0.29, 0.717) is 42.6 Å². The molecule has 1 amide bonds. The van der Waals surface area contributed by atoms with Crippen LogP contribution in [-0.2, 0) is 4.79 Å². The fourth-order valence-electron chi connectivity index (χ4n) is 4.05. The molecule has 2 aromatic rings. The maximum atomic E-state index is 13.0. The van der Waals surface area contributed by atoms with E-state index in [1.165, 1.54) is 4.90 Å². The third-order valence-electron chi connectivity index (χ3n) is 5.95. The van der Waals surface area contributed by atoms with Crippen molar-refractivity contribution in [2.24, 2.45) is 5.41 Å². The van der Waals surface area contributed by atoms with Crippen molar-refractivity contribution in [2.75, 3.05) is 13.1 Å². The molecule has 1 aliphatic carbocycles. The first kappa shape index (κ1) is 19.6. The van der Waals surface area contributed by atoms with Gasteiger partial charge in [0.05, 0.1) is 6.10 Å². The molecule has 154 valence electrons. The number of hydrogen-bond acceptors (Lipinski definition) is 6. The monoisotopic (exact) mass is 399 g/mol. The third-order valence-corrected chi connectivity index (χ3v) is 5.95. The summed E-state index contributed by atoms with van der Waals surface area (Å²) in [5.41, 5.74) is -0.0872. The first-order valence-corrected chi connectivity index (χ1v) is 10.1. The molecule has 0 radical (unpaired) electrons. The number of likely N-dealkylation sites (tertiary alicyclic amines) is 1. The fourth-order valence-corrected chi connectivity index (χ4v) is 4.05. The lowest BCUT2D eigenvalue weighted by Crippen LogP contribution is -2.57. The highest BCUT2D eigenvalue weighted by Crippen LogP contribution is 2.39. The normalized spacial score (nSPS) is 24.5. The summed E-state index contributed by atoms with van der Waals surface area (Å²) in [5.74, 6) is 0.247. The largest absolute Gasteiger partial charge is 0.481 e. The number of piperidine rings is 1. The van der Waals surface area contributed by atoms with Crippen molar-refractivity contribution in [3.63, 3.8) is 0 Å². The molecular formula is C21H25N3O5. The molecule has 1 saturated carbocycles. The number of aliphatic hydroxyl groups excluding tert-OH is 1. The molecule has 2 N–H and O–H groups in total. The molecule has 1 aromatic carbocycles. The SMILES string of the molecule is CCC[C@@]1(C(=O)O)CN(C(=O)c2ccc(-c3noc(C4CC4)n3)cc2)CC[C@H]1O. The van der Waals surface area contributed by atoms with Crippen molar-refractivity contribution < 1.29 is 24.3 Å². The van der Waals surface area contributed by atoms with Crippen molar-refractivity contribution in [3.05, 3.63) is 35.7 Å². The molecule has 0 unspecified atom stereocenters. The smallest absolute Gasteiger partial charge is 0.314 e. The summed E-state index contributed by atoms with van der Waals surface area (Å²) >= 11 is 0. The van der Waals surface area contributed by atoms with Crippen LogP contribution in [0.4, 0.5) is 0 Å². The van der Waals surface area contributed by atoms with E-state index in [4.69, 9.17) is 4.52 Å². The number of aliphatic hydroxyl groups is 1. The maximum absolute atomic E-state index is 13.0. The summed E-state index contributed by atoms with van der Waals surface area (Å²) < 4.78 is 5.28. The van der Waals surface area contributed by atoms with Crippen molar-refractivity contribution in [3.8, 4) is 11.4 Å². The zero-order valence-electron chi connectivity index (χ0n) is 16.4. The Morgan fingerprint density at radius 2 is 1.97 bits per heavy atom. The summed E-state index contributed by atoms with van der Waals surface area (Å²) in [4.78, 5) is 30.8. The van der Waals surface area contributed by atoms with E-state index < -0.39 is 17.5 Å². The number of carbonyl (C=O) groups is 2. The fraction of sp³-hybridized carbons (Fsp3) is 0.524. The van der Waals surface area contributed by atoms with Crippen LogP contribution in [-0.4, -0.2) is 56.3 Å². The predicted octanol–water partition coefficient (Wildman–Crippen LogP) is 2.69. The summed E-state index contributed by atoms with van der Waals surface area (Å²) in [7, 11) is 0. The molecule has 1 saturated heterocycles. The van der Waals surface area contributed by atoms with Gasteiger partial charge >= 0.3 is 5.97 Å². The zero-order valence-corrected chi connectivity index (χ0v) is 16.4. The lowest BCUT2D eigenvalue weighted by Gasteiger charge is -2.43. The Morgan fingerprint density at radius 3 is 2.59 bits per heavy atom. The average Bonchev–Trinajstić information content (AvgIpc) is 3.46. The van der Waals surface area contributed by atoms with Gasteiger partial charge in [-0.05, 0) is 37.8 Å². The van der Waals surface area contributed by atoms with E-state index in [1.807, 2.05) is 6.92 Å². The Hall–Kier alpha value is -2.74. The van der Waals surface area contributed by atoms with Gasteiger partial charge in [-0.2, -0.15) is 4.98 Å². The highest BCUT2D eigenvalue weighted by molar-refractivity contribution is 5.95. The van der Waals surface area contributed by atoms with Crippen molar-refractivity contribution >= 4 is 11.9 Å². The molecule has 8 heteroatoms. The molecular weight excluding hydrogens is 374 g/mol. The van der Waals surface area contributed by atoms with Crippen LogP contribution in [0.15, 0.2) is 28.8 Å².